The van der Waals surface area contributed by atoms with Crippen molar-refractivity contribution >= 4 is 24.0 Å². The van der Waals surface area contributed by atoms with Crippen molar-refractivity contribution in [3.63, 3.8) is 0 Å². The first kappa shape index (κ1) is 16.7. The van der Waals surface area contributed by atoms with Gasteiger partial charge in [-0.15, -0.1) is 12.4 Å². The molecule has 1 aliphatic rings. The van der Waals surface area contributed by atoms with Crippen LogP contribution in [0.15, 0.2) is 18.2 Å². The van der Waals surface area contributed by atoms with Gasteiger partial charge in [0.1, 0.15) is 5.82 Å². The number of rotatable bonds is 4. The summed E-state index contributed by atoms with van der Waals surface area (Å²) in [7, 11) is 0. The van der Waals surface area contributed by atoms with Crippen molar-refractivity contribution in [1.82, 2.24) is 4.90 Å². The molecule has 2 rings (SSSR count). The van der Waals surface area contributed by atoms with Gasteiger partial charge in [-0.3, -0.25) is 4.90 Å². The number of hydrogen-bond acceptors (Lipinski definition) is 2. The molecule has 1 saturated heterocycles. The monoisotopic (exact) mass is 306 g/mol. The van der Waals surface area contributed by atoms with E-state index >= 15 is 0 Å². The number of piperidine rings is 1. The van der Waals surface area contributed by atoms with Crippen molar-refractivity contribution in [1.29, 1.82) is 0 Å². The van der Waals surface area contributed by atoms with Crippen LogP contribution in [0.3, 0.4) is 0 Å². The van der Waals surface area contributed by atoms with E-state index in [1.54, 1.807) is 6.07 Å². The highest BCUT2D eigenvalue weighted by Gasteiger charge is 2.21. The van der Waals surface area contributed by atoms with Gasteiger partial charge in [0, 0.05) is 17.6 Å². The normalized spacial score (nSPS) is 20.1. The molecule has 0 bridgehead atoms. The SMILES string of the molecule is Cl.NCCC1CCCCN1Cc1cc(F)cc(Cl)c1. The van der Waals surface area contributed by atoms with Crippen molar-refractivity contribution in [2.75, 3.05) is 13.1 Å². The van der Waals surface area contributed by atoms with Gasteiger partial charge in [-0.05, 0) is 56.1 Å². The van der Waals surface area contributed by atoms with Gasteiger partial charge in [0.15, 0.2) is 0 Å². The van der Waals surface area contributed by atoms with Gasteiger partial charge in [-0.25, -0.2) is 4.39 Å². The molecule has 1 fully saturated rings. The van der Waals surface area contributed by atoms with E-state index in [0.29, 0.717) is 17.6 Å². The zero-order chi connectivity index (χ0) is 13.0. The summed E-state index contributed by atoms with van der Waals surface area (Å²) in [5.41, 5.74) is 6.60. The molecule has 0 aliphatic carbocycles. The Bertz CT molecular complexity index is 379. The topological polar surface area (TPSA) is 29.3 Å². The summed E-state index contributed by atoms with van der Waals surface area (Å²) >= 11 is 5.89. The van der Waals surface area contributed by atoms with E-state index in [0.717, 1.165) is 25.1 Å². The van der Waals surface area contributed by atoms with Crippen molar-refractivity contribution < 1.29 is 4.39 Å². The Morgan fingerprint density at radius 2 is 2.11 bits per heavy atom. The van der Waals surface area contributed by atoms with E-state index in [9.17, 15) is 4.39 Å². The Morgan fingerprint density at radius 3 is 2.79 bits per heavy atom. The van der Waals surface area contributed by atoms with Crippen LogP contribution in [-0.4, -0.2) is 24.0 Å². The quantitative estimate of drug-likeness (QED) is 0.921. The van der Waals surface area contributed by atoms with Gasteiger partial charge >= 0.3 is 0 Å². The molecular formula is C14H21Cl2FN2. The zero-order valence-corrected chi connectivity index (χ0v) is 12.5. The molecule has 2 N–H and O–H groups in total. The highest BCUT2D eigenvalue weighted by molar-refractivity contribution is 6.30. The Hall–Kier alpha value is -0.350. The molecule has 1 atom stereocenters. The maximum atomic E-state index is 13.3. The number of benzene rings is 1. The molecule has 0 saturated carbocycles. The number of likely N-dealkylation sites (tertiary alicyclic amines) is 1. The first-order valence-electron chi connectivity index (χ1n) is 6.58. The van der Waals surface area contributed by atoms with Crippen LogP contribution in [0.25, 0.3) is 0 Å². The molecule has 108 valence electrons. The van der Waals surface area contributed by atoms with Crippen molar-refractivity contribution in [3.8, 4) is 0 Å². The predicted molar refractivity (Wildman–Crippen MR) is 80.4 cm³/mol. The van der Waals surface area contributed by atoms with Gasteiger partial charge in [0.25, 0.3) is 0 Å². The highest BCUT2D eigenvalue weighted by Crippen LogP contribution is 2.23. The largest absolute Gasteiger partial charge is 0.330 e. The van der Waals surface area contributed by atoms with Crippen LogP contribution in [0.5, 0.6) is 0 Å². The molecule has 2 nitrogen and oxygen atoms in total. The predicted octanol–water partition coefficient (Wildman–Crippen LogP) is 3.60. The number of halogens is 3. The Morgan fingerprint density at radius 1 is 1.32 bits per heavy atom. The van der Waals surface area contributed by atoms with Crippen LogP contribution < -0.4 is 5.73 Å². The van der Waals surface area contributed by atoms with Gasteiger partial charge in [0.2, 0.25) is 0 Å². The average molecular weight is 307 g/mol. The zero-order valence-electron chi connectivity index (χ0n) is 10.9. The van der Waals surface area contributed by atoms with E-state index in [2.05, 4.69) is 4.90 Å². The molecule has 0 radical (unpaired) electrons. The smallest absolute Gasteiger partial charge is 0.125 e. The van der Waals surface area contributed by atoms with E-state index in [-0.39, 0.29) is 18.2 Å². The first-order valence-corrected chi connectivity index (χ1v) is 6.96. The third kappa shape index (κ3) is 4.92. The van der Waals surface area contributed by atoms with Gasteiger partial charge < -0.3 is 5.73 Å². The molecular weight excluding hydrogens is 286 g/mol. The second-order valence-corrected chi connectivity index (χ2v) is 5.41. The van der Waals surface area contributed by atoms with Crippen LogP contribution in [0, 0.1) is 5.82 Å². The van der Waals surface area contributed by atoms with E-state index < -0.39 is 0 Å². The van der Waals surface area contributed by atoms with Crippen LogP contribution in [0.2, 0.25) is 5.02 Å². The second kappa shape index (κ2) is 8.05. The fourth-order valence-electron chi connectivity index (χ4n) is 2.72. The van der Waals surface area contributed by atoms with E-state index in [4.69, 9.17) is 17.3 Å². The van der Waals surface area contributed by atoms with Gasteiger partial charge in [-0.2, -0.15) is 0 Å². The average Bonchev–Trinajstić information content (AvgIpc) is 2.30. The van der Waals surface area contributed by atoms with Crippen LogP contribution >= 0.6 is 24.0 Å². The Balaban J connectivity index is 0.00000180. The highest BCUT2D eigenvalue weighted by atomic mass is 35.5. The minimum Gasteiger partial charge on any atom is -0.330 e. The fraction of sp³-hybridized carbons (Fsp3) is 0.571. The van der Waals surface area contributed by atoms with Crippen LogP contribution in [-0.2, 0) is 6.54 Å². The lowest BCUT2D eigenvalue weighted by molar-refractivity contribution is 0.134. The maximum Gasteiger partial charge on any atom is 0.125 e. The fourth-order valence-corrected chi connectivity index (χ4v) is 2.97. The summed E-state index contributed by atoms with van der Waals surface area (Å²) in [6.07, 6.45) is 4.69. The van der Waals surface area contributed by atoms with Gasteiger partial charge in [0.05, 0.1) is 0 Å². The molecule has 1 unspecified atom stereocenters. The standard InChI is InChI=1S/C14H20ClFN2.ClH/c15-12-7-11(8-13(16)9-12)10-18-6-2-1-3-14(18)4-5-17;/h7-9,14H,1-6,10,17H2;1H. The van der Waals surface area contributed by atoms with E-state index in [1.807, 2.05) is 6.07 Å². The Kier molecular flexibility index (Phi) is 7.08. The van der Waals surface area contributed by atoms with Crippen LogP contribution in [0.4, 0.5) is 4.39 Å². The summed E-state index contributed by atoms with van der Waals surface area (Å²) in [5, 5.41) is 0.470. The minimum absolute atomic E-state index is 0. The van der Waals surface area contributed by atoms with E-state index in [1.165, 1.54) is 25.3 Å². The lowest BCUT2D eigenvalue weighted by Gasteiger charge is -2.35. The second-order valence-electron chi connectivity index (χ2n) is 4.98. The summed E-state index contributed by atoms with van der Waals surface area (Å²) in [6, 6.07) is 5.29. The lowest BCUT2D eigenvalue weighted by Crippen LogP contribution is -2.40. The molecule has 1 aromatic rings. The minimum atomic E-state index is -0.259. The maximum absolute atomic E-state index is 13.3. The third-order valence-corrected chi connectivity index (χ3v) is 3.78. The molecule has 1 heterocycles. The molecule has 5 heteroatoms. The lowest BCUT2D eigenvalue weighted by atomic mass is 9.98. The first-order chi connectivity index (χ1) is 8.69. The summed E-state index contributed by atoms with van der Waals surface area (Å²) in [4.78, 5) is 2.40. The van der Waals surface area contributed by atoms with Crippen molar-refractivity contribution in [2.24, 2.45) is 5.73 Å². The van der Waals surface area contributed by atoms with Gasteiger partial charge in [-0.1, -0.05) is 18.0 Å². The molecule has 0 amide bonds. The number of nitrogens with two attached hydrogens (primary N) is 1. The van der Waals surface area contributed by atoms with Crippen molar-refractivity contribution in [2.45, 2.75) is 38.3 Å². The summed E-state index contributed by atoms with van der Waals surface area (Å²) in [6.45, 7) is 2.55. The summed E-state index contributed by atoms with van der Waals surface area (Å²) in [5.74, 6) is -0.259. The molecule has 0 aromatic heterocycles. The number of hydrogen-bond donors (Lipinski definition) is 1. The third-order valence-electron chi connectivity index (χ3n) is 3.56. The molecule has 0 spiro atoms. The Labute approximate surface area is 125 Å². The number of nitrogens with zero attached hydrogens (tertiary/aromatic N) is 1. The van der Waals surface area contributed by atoms with Crippen LogP contribution in [0.1, 0.15) is 31.2 Å². The molecule has 1 aromatic carbocycles. The molecule has 19 heavy (non-hydrogen) atoms. The molecule has 1 aliphatic heterocycles. The summed E-state index contributed by atoms with van der Waals surface area (Å²) < 4.78 is 13.3. The van der Waals surface area contributed by atoms with Crippen molar-refractivity contribution in [3.05, 3.63) is 34.6 Å².